The Kier molecular flexibility index (Phi) is 4.70. The van der Waals surface area contributed by atoms with Gasteiger partial charge in [-0.1, -0.05) is 0 Å². The Morgan fingerprint density at radius 3 is 2.65 bits per heavy atom. The van der Waals surface area contributed by atoms with E-state index in [1.165, 1.54) is 30.7 Å². The third-order valence-corrected chi connectivity index (χ3v) is 4.39. The fraction of sp³-hybridized carbons (Fsp3) is 0.600. The summed E-state index contributed by atoms with van der Waals surface area (Å²) in [7, 11) is 1.21. The highest BCUT2D eigenvalue weighted by Crippen LogP contribution is 2.17. The third kappa shape index (κ3) is 3.06. The van der Waals surface area contributed by atoms with Crippen LogP contribution >= 0.6 is 0 Å². The van der Waals surface area contributed by atoms with E-state index in [1.54, 1.807) is 11.6 Å². The van der Waals surface area contributed by atoms with Gasteiger partial charge < -0.3 is 14.4 Å². The summed E-state index contributed by atoms with van der Waals surface area (Å²) in [6, 6.07) is 1.47. The van der Waals surface area contributed by atoms with Crippen molar-refractivity contribution in [1.29, 1.82) is 0 Å². The highest BCUT2D eigenvalue weighted by Gasteiger charge is 2.22. The number of aliphatic hydroxyl groups is 1. The van der Waals surface area contributed by atoms with E-state index in [0.29, 0.717) is 18.8 Å². The zero-order chi connectivity index (χ0) is 13.1. The van der Waals surface area contributed by atoms with Gasteiger partial charge in [-0.2, -0.15) is 4.31 Å². The van der Waals surface area contributed by atoms with E-state index in [2.05, 4.69) is 0 Å². The van der Waals surface area contributed by atoms with Gasteiger partial charge in [0.2, 0.25) is 10.0 Å². The second-order valence-electron chi connectivity index (χ2n) is 3.76. The quantitative estimate of drug-likeness (QED) is 0.769. The van der Waals surface area contributed by atoms with Crippen molar-refractivity contribution in [2.24, 2.45) is 7.05 Å². The van der Waals surface area contributed by atoms with Crippen molar-refractivity contribution in [3.05, 3.63) is 18.0 Å². The second kappa shape index (κ2) is 5.63. The van der Waals surface area contributed by atoms with E-state index < -0.39 is 10.0 Å². The first-order chi connectivity index (χ1) is 7.93. The molecule has 0 radical (unpaired) electrons. The van der Waals surface area contributed by atoms with Crippen molar-refractivity contribution in [2.45, 2.75) is 11.5 Å². The lowest BCUT2D eigenvalue weighted by Gasteiger charge is -2.15. The normalized spacial score (nSPS) is 12.3. The number of sulfonamides is 1. The molecular formula is C10H18N2O4S. The van der Waals surface area contributed by atoms with E-state index in [4.69, 9.17) is 9.84 Å². The molecule has 0 aliphatic carbocycles. The van der Waals surface area contributed by atoms with Crippen molar-refractivity contribution in [1.82, 2.24) is 8.87 Å². The number of nitrogens with zero attached hydrogens (tertiary/aromatic N) is 2. The highest BCUT2D eigenvalue weighted by molar-refractivity contribution is 7.89. The first kappa shape index (κ1) is 14.2. The monoisotopic (exact) mass is 262 g/mol. The maximum atomic E-state index is 12.1. The Morgan fingerprint density at radius 1 is 1.53 bits per heavy atom. The molecule has 0 aromatic carbocycles. The fourth-order valence-corrected chi connectivity index (χ4v) is 2.65. The van der Waals surface area contributed by atoms with E-state index >= 15 is 0 Å². The number of hydrogen-bond donors (Lipinski definition) is 1. The van der Waals surface area contributed by atoms with Crippen LogP contribution in [0.3, 0.4) is 0 Å². The zero-order valence-electron chi connectivity index (χ0n) is 10.3. The predicted molar refractivity (Wildman–Crippen MR) is 63.0 cm³/mol. The van der Waals surface area contributed by atoms with Gasteiger partial charge >= 0.3 is 0 Å². The number of rotatable bonds is 6. The lowest BCUT2D eigenvalue weighted by molar-refractivity contribution is 0.185. The van der Waals surface area contributed by atoms with Gasteiger partial charge in [-0.05, 0) is 6.07 Å². The van der Waals surface area contributed by atoms with Crippen molar-refractivity contribution in [2.75, 3.05) is 27.3 Å². The molecule has 1 aromatic heterocycles. The fourth-order valence-electron chi connectivity index (χ4n) is 1.40. The molecule has 0 unspecified atom stereocenters. The number of ether oxygens (including phenoxy) is 1. The van der Waals surface area contributed by atoms with Crippen molar-refractivity contribution >= 4 is 10.0 Å². The maximum Gasteiger partial charge on any atom is 0.244 e. The Morgan fingerprint density at radius 2 is 2.18 bits per heavy atom. The molecule has 0 saturated heterocycles. The molecule has 1 N–H and O–H groups in total. The molecule has 7 heteroatoms. The van der Waals surface area contributed by atoms with Crippen molar-refractivity contribution in [3.63, 3.8) is 0 Å². The van der Waals surface area contributed by atoms with Crippen LogP contribution in [0.5, 0.6) is 0 Å². The van der Waals surface area contributed by atoms with Crippen LogP contribution in [-0.4, -0.2) is 49.7 Å². The van der Waals surface area contributed by atoms with Crippen LogP contribution in [-0.2, 0) is 28.4 Å². The molecule has 0 spiro atoms. The van der Waals surface area contributed by atoms with E-state index in [-0.39, 0.29) is 11.5 Å². The van der Waals surface area contributed by atoms with Gasteiger partial charge in [0.25, 0.3) is 0 Å². The third-order valence-electron chi connectivity index (χ3n) is 2.56. The summed E-state index contributed by atoms with van der Waals surface area (Å²) < 4.78 is 31.9. The van der Waals surface area contributed by atoms with Crippen LogP contribution in [0.25, 0.3) is 0 Å². The van der Waals surface area contributed by atoms with Crippen LogP contribution in [0, 0.1) is 0 Å². The molecule has 0 atom stereocenters. The Bertz CT molecular complexity index is 467. The summed E-state index contributed by atoms with van der Waals surface area (Å²) in [5.41, 5.74) is 0.559. The molecule has 0 amide bonds. The average molecular weight is 262 g/mol. The summed E-state index contributed by atoms with van der Waals surface area (Å²) in [4.78, 5) is 0.183. The number of methoxy groups -OCH3 is 1. The molecule has 1 heterocycles. The number of aromatic nitrogens is 1. The number of aliphatic hydroxyl groups excluding tert-OH is 1. The predicted octanol–water partition coefficient (Wildman–Crippen LogP) is -0.216. The Labute approximate surface area is 101 Å². The van der Waals surface area contributed by atoms with E-state index in [0.717, 1.165) is 0 Å². The van der Waals surface area contributed by atoms with Crippen molar-refractivity contribution in [3.8, 4) is 0 Å². The van der Waals surface area contributed by atoms with Gasteiger partial charge in [-0.25, -0.2) is 8.42 Å². The van der Waals surface area contributed by atoms with Gasteiger partial charge in [0.1, 0.15) is 4.90 Å². The first-order valence-electron chi connectivity index (χ1n) is 5.15. The Balaban J connectivity index is 2.96. The molecule has 1 aromatic rings. The standard InChI is InChI=1S/C10H18N2O4S/c1-11-7-10(6-9(11)8-13)17(14,15)12(2)4-5-16-3/h6-7,13H,4-5,8H2,1-3H3. The smallest absolute Gasteiger partial charge is 0.244 e. The minimum Gasteiger partial charge on any atom is -0.390 e. The van der Waals surface area contributed by atoms with Crippen LogP contribution in [0.1, 0.15) is 5.69 Å². The maximum absolute atomic E-state index is 12.1. The van der Waals surface area contributed by atoms with Crippen LogP contribution in [0.2, 0.25) is 0 Å². The lowest BCUT2D eigenvalue weighted by atomic mass is 10.5. The lowest BCUT2D eigenvalue weighted by Crippen LogP contribution is -2.29. The SMILES string of the molecule is COCCN(C)S(=O)(=O)c1cc(CO)n(C)c1. The van der Waals surface area contributed by atoms with Crippen LogP contribution in [0.15, 0.2) is 17.2 Å². The summed E-state index contributed by atoms with van der Waals surface area (Å²) in [5.74, 6) is 0. The summed E-state index contributed by atoms with van der Waals surface area (Å²) in [5, 5.41) is 9.03. The zero-order valence-corrected chi connectivity index (χ0v) is 11.1. The van der Waals surface area contributed by atoms with E-state index in [1.807, 2.05) is 0 Å². The summed E-state index contributed by atoms with van der Waals surface area (Å²) in [6.07, 6.45) is 1.49. The molecule has 1 rings (SSSR count). The molecule has 0 aliphatic heterocycles. The van der Waals surface area contributed by atoms with Gasteiger partial charge in [0.15, 0.2) is 0 Å². The minimum atomic E-state index is -3.50. The average Bonchev–Trinajstić information content (AvgIpc) is 2.67. The molecule has 0 fully saturated rings. The molecule has 0 bridgehead atoms. The van der Waals surface area contributed by atoms with E-state index in [9.17, 15) is 8.42 Å². The minimum absolute atomic E-state index is 0.183. The molecule has 0 aliphatic rings. The van der Waals surface area contributed by atoms with Crippen LogP contribution in [0.4, 0.5) is 0 Å². The molecule has 17 heavy (non-hydrogen) atoms. The molecular weight excluding hydrogens is 244 g/mol. The van der Waals surface area contributed by atoms with Gasteiger partial charge in [0.05, 0.1) is 13.2 Å². The molecule has 6 nitrogen and oxygen atoms in total. The highest BCUT2D eigenvalue weighted by atomic mass is 32.2. The second-order valence-corrected chi connectivity index (χ2v) is 5.80. The number of hydrogen-bond acceptors (Lipinski definition) is 4. The van der Waals surface area contributed by atoms with Crippen molar-refractivity contribution < 1.29 is 18.3 Å². The van der Waals surface area contributed by atoms with Gasteiger partial charge in [0, 0.05) is 39.6 Å². The number of aryl methyl sites for hydroxylation is 1. The van der Waals surface area contributed by atoms with Gasteiger partial charge in [-0.15, -0.1) is 0 Å². The molecule has 98 valence electrons. The summed E-state index contributed by atoms with van der Waals surface area (Å²) >= 11 is 0. The largest absolute Gasteiger partial charge is 0.390 e. The first-order valence-corrected chi connectivity index (χ1v) is 6.59. The van der Waals surface area contributed by atoms with Crippen LogP contribution < -0.4 is 0 Å². The Hall–Kier alpha value is -0.890. The topological polar surface area (TPSA) is 71.8 Å². The number of likely N-dealkylation sites (N-methyl/N-ethyl adjacent to an activating group) is 1. The molecule has 0 saturated carbocycles. The summed E-state index contributed by atoms with van der Waals surface area (Å²) in [6.45, 7) is 0.450. The van der Waals surface area contributed by atoms with Gasteiger partial charge in [-0.3, -0.25) is 0 Å².